The Labute approximate surface area is 145 Å². The van der Waals surface area contributed by atoms with E-state index in [4.69, 9.17) is 4.52 Å². The number of anilines is 1. The number of amides is 1. The zero-order valence-corrected chi connectivity index (χ0v) is 13.5. The monoisotopic (exact) mass is 366 g/mol. The Hall–Kier alpha value is -3.24. The number of tetrazole rings is 1. The third-order valence-corrected chi connectivity index (χ3v) is 3.34. The van der Waals surface area contributed by atoms with E-state index in [0.717, 1.165) is 16.9 Å². The van der Waals surface area contributed by atoms with Crippen molar-refractivity contribution >= 4 is 11.7 Å². The summed E-state index contributed by atoms with van der Waals surface area (Å²) >= 11 is 0. The van der Waals surface area contributed by atoms with E-state index in [-0.39, 0.29) is 30.3 Å². The van der Waals surface area contributed by atoms with Crippen molar-refractivity contribution in [2.24, 2.45) is 0 Å². The van der Waals surface area contributed by atoms with Crippen LogP contribution in [0.4, 0.5) is 19.0 Å². The number of aromatic nitrogens is 5. The molecule has 0 radical (unpaired) electrons. The van der Waals surface area contributed by atoms with Gasteiger partial charge in [0.25, 0.3) is 0 Å². The standard InChI is InChI=1S/C15H13F3N6O2/c1-9-7-12(22-26-9)19-13(25)5-6-24-21-14(20-23-24)10-3-2-4-11(8-10)15(16,17)18/h2-4,7-8H,5-6H2,1H3,(H,19,22,25). The second-order valence-electron chi connectivity index (χ2n) is 5.41. The van der Waals surface area contributed by atoms with Gasteiger partial charge in [0.1, 0.15) is 5.76 Å². The molecular weight excluding hydrogens is 353 g/mol. The molecule has 0 spiro atoms. The lowest BCUT2D eigenvalue weighted by Crippen LogP contribution is -2.15. The van der Waals surface area contributed by atoms with Crippen molar-refractivity contribution in [3.63, 3.8) is 0 Å². The number of nitrogens with one attached hydrogen (secondary N) is 1. The number of nitrogens with zero attached hydrogens (tertiary/aromatic N) is 5. The van der Waals surface area contributed by atoms with E-state index in [1.54, 1.807) is 13.0 Å². The SMILES string of the molecule is Cc1cc(NC(=O)CCn2nnc(-c3cccc(C(F)(F)F)c3)n2)no1. The van der Waals surface area contributed by atoms with Gasteiger partial charge in [0.2, 0.25) is 11.7 Å². The molecule has 0 aliphatic heterocycles. The highest BCUT2D eigenvalue weighted by Gasteiger charge is 2.30. The number of carbonyl (C=O) groups excluding carboxylic acids is 1. The van der Waals surface area contributed by atoms with Crippen molar-refractivity contribution in [1.29, 1.82) is 0 Å². The van der Waals surface area contributed by atoms with Crippen LogP contribution in [0.5, 0.6) is 0 Å². The fourth-order valence-corrected chi connectivity index (χ4v) is 2.12. The summed E-state index contributed by atoms with van der Waals surface area (Å²) in [6.07, 6.45) is -4.42. The first-order chi connectivity index (χ1) is 12.3. The molecule has 1 aromatic carbocycles. The number of hydrogen-bond acceptors (Lipinski definition) is 6. The minimum Gasteiger partial charge on any atom is -0.360 e. The largest absolute Gasteiger partial charge is 0.416 e. The summed E-state index contributed by atoms with van der Waals surface area (Å²) in [7, 11) is 0. The Morgan fingerprint density at radius 2 is 2.12 bits per heavy atom. The number of aryl methyl sites for hydroxylation is 2. The molecule has 3 aromatic rings. The Kier molecular flexibility index (Phi) is 4.69. The van der Waals surface area contributed by atoms with E-state index < -0.39 is 11.7 Å². The van der Waals surface area contributed by atoms with Gasteiger partial charge < -0.3 is 9.84 Å². The van der Waals surface area contributed by atoms with Gasteiger partial charge in [0.15, 0.2) is 5.82 Å². The lowest BCUT2D eigenvalue weighted by Gasteiger charge is -2.06. The van der Waals surface area contributed by atoms with E-state index in [0.29, 0.717) is 11.6 Å². The molecule has 0 saturated heterocycles. The van der Waals surface area contributed by atoms with E-state index in [2.05, 4.69) is 25.9 Å². The van der Waals surface area contributed by atoms with E-state index in [1.807, 2.05) is 0 Å². The van der Waals surface area contributed by atoms with Gasteiger partial charge in [-0.05, 0) is 24.3 Å². The second-order valence-corrected chi connectivity index (χ2v) is 5.41. The first-order valence-corrected chi connectivity index (χ1v) is 7.50. The van der Waals surface area contributed by atoms with Gasteiger partial charge >= 0.3 is 6.18 Å². The smallest absolute Gasteiger partial charge is 0.360 e. The minimum absolute atomic E-state index is 0.0320. The van der Waals surface area contributed by atoms with Gasteiger partial charge in [-0.1, -0.05) is 17.3 Å². The Balaban J connectivity index is 1.62. The predicted molar refractivity (Wildman–Crippen MR) is 82.7 cm³/mol. The van der Waals surface area contributed by atoms with Crippen molar-refractivity contribution in [2.75, 3.05) is 5.32 Å². The van der Waals surface area contributed by atoms with Crippen LogP contribution in [0.25, 0.3) is 11.4 Å². The molecule has 0 saturated carbocycles. The maximum absolute atomic E-state index is 12.8. The van der Waals surface area contributed by atoms with Gasteiger partial charge in [-0.15, -0.1) is 10.2 Å². The molecule has 26 heavy (non-hydrogen) atoms. The van der Waals surface area contributed by atoms with Crippen molar-refractivity contribution in [3.05, 3.63) is 41.7 Å². The predicted octanol–water partition coefficient (Wildman–Crippen LogP) is 2.68. The fourth-order valence-electron chi connectivity index (χ4n) is 2.12. The molecule has 136 valence electrons. The summed E-state index contributed by atoms with van der Waals surface area (Å²) in [4.78, 5) is 13.0. The third-order valence-electron chi connectivity index (χ3n) is 3.34. The first kappa shape index (κ1) is 17.6. The van der Waals surface area contributed by atoms with Crippen molar-refractivity contribution in [1.82, 2.24) is 25.4 Å². The fraction of sp³-hybridized carbons (Fsp3) is 0.267. The Morgan fingerprint density at radius 3 is 2.81 bits per heavy atom. The molecule has 11 heteroatoms. The number of benzene rings is 1. The Bertz CT molecular complexity index is 918. The topological polar surface area (TPSA) is 98.7 Å². The van der Waals surface area contributed by atoms with Crippen molar-refractivity contribution in [3.8, 4) is 11.4 Å². The van der Waals surface area contributed by atoms with Crippen LogP contribution < -0.4 is 5.32 Å². The zero-order chi connectivity index (χ0) is 18.7. The number of halogens is 3. The average molecular weight is 366 g/mol. The molecule has 1 amide bonds. The molecule has 0 aliphatic carbocycles. The number of alkyl halides is 3. The lowest BCUT2D eigenvalue weighted by atomic mass is 10.1. The molecular formula is C15H13F3N6O2. The van der Waals surface area contributed by atoms with Crippen LogP contribution >= 0.6 is 0 Å². The van der Waals surface area contributed by atoms with E-state index in [1.165, 1.54) is 12.1 Å². The number of rotatable bonds is 5. The maximum Gasteiger partial charge on any atom is 0.416 e. The van der Waals surface area contributed by atoms with Crippen LogP contribution in [0.2, 0.25) is 0 Å². The van der Waals surface area contributed by atoms with Crippen molar-refractivity contribution < 1.29 is 22.5 Å². The van der Waals surface area contributed by atoms with E-state index >= 15 is 0 Å². The Morgan fingerprint density at radius 1 is 1.31 bits per heavy atom. The quantitative estimate of drug-likeness (QED) is 0.745. The third kappa shape index (κ3) is 4.23. The molecule has 0 fully saturated rings. The number of carbonyl (C=O) groups is 1. The highest BCUT2D eigenvalue weighted by Crippen LogP contribution is 2.31. The summed E-state index contributed by atoms with van der Waals surface area (Å²) < 4.78 is 43.1. The normalized spacial score (nSPS) is 11.5. The second kappa shape index (κ2) is 6.94. The van der Waals surface area contributed by atoms with Gasteiger partial charge in [-0.2, -0.15) is 18.0 Å². The van der Waals surface area contributed by atoms with Crippen LogP contribution in [0.15, 0.2) is 34.9 Å². The molecule has 0 atom stereocenters. The molecule has 1 N–H and O–H groups in total. The minimum atomic E-state index is -4.45. The molecule has 3 rings (SSSR count). The molecule has 2 aromatic heterocycles. The summed E-state index contributed by atoms with van der Waals surface area (Å²) in [6, 6.07) is 6.20. The first-order valence-electron chi connectivity index (χ1n) is 7.50. The van der Waals surface area contributed by atoms with Crippen LogP contribution in [-0.2, 0) is 17.5 Å². The highest BCUT2D eigenvalue weighted by atomic mass is 19.4. The van der Waals surface area contributed by atoms with Crippen LogP contribution in [0, 0.1) is 6.92 Å². The van der Waals surface area contributed by atoms with Gasteiger partial charge in [0, 0.05) is 18.1 Å². The molecule has 0 aliphatic rings. The lowest BCUT2D eigenvalue weighted by molar-refractivity contribution is -0.137. The summed E-state index contributed by atoms with van der Waals surface area (Å²) in [5.74, 6) is 0.563. The molecule has 0 unspecified atom stereocenters. The molecule has 2 heterocycles. The summed E-state index contributed by atoms with van der Waals surface area (Å²) in [5.41, 5.74) is -0.609. The number of hydrogen-bond donors (Lipinski definition) is 1. The molecule has 0 bridgehead atoms. The molecule has 8 nitrogen and oxygen atoms in total. The summed E-state index contributed by atoms with van der Waals surface area (Å²) in [5, 5.41) is 17.6. The van der Waals surface area contributed by atoms with E-state index in [9.17, 15) is 18.0 Å². The summed E-state index contributed by atoms with van der Waals surface area (Å²) in [6.45, 7) is 1.80. The maximum atomic E-state index is 12.8. The average Bonchev–Trinajstić information content (AvgIpc) is 3.21. The van der Waals surface area contributed by atoms with Gasteiger partial charge in [0.05, 0.1) is 12.1 Å². The zero-order valence-electron chi connectivity index (χ0n) is 13.5. The van der Waals surface area contributed by atoms with Gasteiger partial charge in [-0.25, -0.2) is 0 Å². The van der Waals surface area contributed by atoms with Crippen LogP contribution in [0.1, 0.15) is 17.7 Å². The van der Waals surface area contributed by atoms with Crippen LogP contribution in [-0.4, -0.2) is 31.3 Å². The van der Waals surface area contributed by atoms with Gasteiger partial charge in [-0.3, -0.25) is 4.79 Å². The van der Waals surface area contributed by atoms with Crippen LogP contribution in [0.3, 0.4) is 0 Å². The van der Waals surface area contributed by atoms with Crippen molar-refractivity contribution in [2.45, 2.75) is 26.1 Å². The highest BCUT2D eigenvalue weighted by molar-refractivity contribution is 5.89.